The predicted molar refractivity (Wildman–Crippen MR) is 98.9 cm³/mol. The highest BCUT2D eigenvalue weighted by molar-refractivity contribution is 9.10. The summed E-state index contributed by atoms with van der Waals surface area (Å²) in [6.07, 6.45) is 0. The van der Waals surface area contributed by atoms with Gasteiger partial charge in [0.25, 0.3) is 5.91 Å². The standard InChI is InChI=1S/C19H18BrN3O2/c1-12(2)16(21-18(24)14-10-6-7-11-15(14)20)19-22-17(23-25-19)13-8-4-3-5-9-13/h3-12,16H,1-2H3,(H,21,24). The summed E-state index contributed by atoms with van der Waals surface area (Å²) >= 11 is 3.40. The van der Waals surface area contributed by atoms with Gasteiger partial charge >= 0.3 is 0 Å². The Hall–Kier alpha value is -2.47. The van der Waals surface area contributed by atoms with E-state index in [0.29, 0.717) is 17.3 Å². The third-order valence-corrected chi connectivity index (χ3v) is 4.50. The molecule has 128 valence electrons. The van der Waals surface area contributed by atoms with Crippen LogP contribution in [0.2, 0.25) is 0 Å². The molecule has 3 rings (SSSR count). The molecule has 3 aromatic rings. The van der Waals surface area contributed by atoms with Gasteiger partial charge in [-0.2, -0.15) is 4.98 Å². The van der Waals surface area contributed by atoms with Crippen LogP contribution < -0.4 is 5.32 Å². The number of hydrogen-bond acceptors (Lipinski definition) is 4. The van der Waals surface area contributed by atoms with Crippen LogP contribution in [0.3, 0.4) is 0 Å². The Labute approximate surface area is 154 Å². The Morgan fingerprint density at radius 2 is 1.76 bits per heavy atom. The number of carbonyl (C=O) groups is 1. The zero-order chi connectivity index (χ0) is 17.8. The van der Waals surface area contributed by atoms with Crippen molar-refractivity contribution in [2.75, 3.05) is 0 Å². The first kappa shape index (κ1) is 17.4. The van der Waals surface area contributed by atoms with E-state index in [9.17, 15) is 4.79 Å². The molecular formula is C19H18BrN3O2. The van der Waals surface area contributed by atoms with Gasteiger partial charge in [0.15, 0.2) is 0 Å². The first-order chi connectivity index (χ1) is 12.1. The second kappa shape index (κ2) is 7.61. The molecule has 1 amide bonds. The maximum Gasteiger partial charge on any atom is 0.253 e. The van der Waals surface area contributed by atoms with Crippen molar-refractivity contribution in [3.8, 4) is 11.4 Å². The Kier molecular flexibility index (Phi) is 5.28. The van der Waals surface area contributed by atoms with E-state index in [-0.39, 0.29) is 17.9 Å². The minimum atomic E-state index is -0.371. The number of aromatic nitrogens is 2. The topological polar surface area (TPSA) is 68.0 Å². The molecule has 6 heteroatoms. The minimum Gasteiger partial charge on any atom is -0.340 e. The summed E-state index contributed by atoms with van der Waals surface area (Å²) in [7, 11) is 0. The lowest BCUT2D eigenvalue weighted by Crippen LogP contribution is -2.32. The fourth-order valence-corrected chi connectivity index (χ4v) is 2.91. The number of hydrogen-bond donors (Lipinski definition) is 1. The van der Waals surface area contributed by atoms with Gasteiger partial charge in [-0.05, 0) is 34.0 Å². The quantitative estimate of drug-likeness (QED) is 0.678. The molecule has 1 N–H and O–H groups in total. The molecule has 1 aromatic heterocycles. The maximum atomic E-state index is 12.6. The van der Waals surface area contributed by atoms with Crippen LogP contribution in [0.4, 0.5) is 0 Å². The molecule has 0 aliphatic carbocycles. The van der Waals surface area contributed by atoms with Crippen molar-refractivity contribution in [2.24, 2.45) is 5.92 Å². The molecule has 0 radical (unpaired) electrons. The molecular weight excluding hydrogens is 382 g/mol. The highest BCUT2D eigenvalue weighted by atomic mass is 79.9. The van der Waals surface area contributed by atoms with Crippen molar-refractivity contribution >= 4 is 21.8 Å². The van der Waals surface area contributed by atoms with Gasteiger partial charge in [0, 0.05) is 10.0 Å². The third kappa shape index (κ3) is 3.96. The van der Waals surface area contributed by atoms with Crippen LogP contribution in [0.5, 0.6) is 0 Å². The van der Waals surface area contributed by atoms with Crippen LogP contribution in [0.25, 0.3) is 11.4 Å². The second-order valence-corrected chi connectivity index (χ2v) is 6.85. The fourth-order valence-electron chi connectivity index (χ4n) is 2.44. The molecule has 0 bridgehead atoms. The van der Waals surface area contributed by atoms with Crippen molar-refractivity contribution in [1.82, 2.24) is 15.5 Å². The molecule has 0 fully saturated rings. The zero-order valence-electron chi connectivity index (χ0n) is 13.9. The average Bonchev–Trinajstić information content (AvgIpc) is 3.10. The lowest BCUT2D eigenvalue weighted by Gasteiger charge is -2.18. The second-order valence-electron chi connectivity index (χ2n) is 6.00. The zero-order valence-corrected chi connectivity index (χ0v) is 15.5. The van der Waals surface area contributed by atoms with Crippen LogP contribution in [0.1, 0.15) is 36.1 Å². The lowest BCUT2D eigenvalue weighted by molar-refractivity contribution is 0.0913. The van der Waals surface area contributed by atoms with Crippen molar-refractivity contribution in [1.29, 1.82) is 0 Å². The van der Waals surface area contributed by atoms with E-state index in [4.69, 9.17) is 4.52 Å². The Morgan fingerprint density at radius 3 is 2.44 bits per heavy atom. The van der Waals surface area contributed by atoms with Gasteiger partial charge < -0.3 is 9.84 Å². The molecule has 0 aliphatic rings. The SMILES string of the molecule is CC(C)C(NC(=O)c1ccccc1Br)c1nc(-c2ccccc2)no1. The van der Waals surface area contributed by atoms with E-state index in [1.54, 1.807) is 6.07 Å². The highest BCUT2D eigenvalue weighted by Crippen LogP contribution is 2.25. The number of benzene rings is 2. The summed E-state index contributed by atoms with van der Waals surface area (Å²) in [4.78, 5) is 17.1. The smallest absolute Gasteiger partial charge is 0.253 e. The Morgan fingerprint density at radius 1 is 1.08 bits per heavy atom. The molecule has 1 atom stereocenters. The average molecular weight is 400 g/mol. The van der Waals surface area contributed by atoms with E-state index < -0.39 is 0 Å². The fraction of sp³-hybridized carbons (Fsp3) is 0.211. The van der Waals surface area contributed by atoms with Gasteiger partial charge in [-0.15, -0.1) is 0 Å². The van der Waals surface area contributed by atoms with Crippen molar-refractivity contribution in [3.63, 3.8) is 0 Å². The maximum absolute atomic E-state index is 12.6. The molecule has 25 heavy (non-hydrogen) atoms. The normalized spacial score (nSPS) is 12.2. The van der Waals surface area contributed by atoms with Crippen molar-refractivity contribution < 1.29 is 9.32 Å². The van der Waals surface area contributed by atoms with Gasteiger partial charge in [0.2, 0.25) is 11.7 Å². The first-order valence-corrected chi connectivity index (χ1v) is 8.80. The number of nitrogens with zero attached hydrogens (tertiary/aromatic N) is 2. The van der Waals surface area contributed by atoms with Crippen molar-refractivity contribution in [2.45, 2.75) is 19.9 Å². The highest BCUT2D eigenvalue weighted by Gasteiger charge is 2.25. The van der Waals surface area contributed by atoms with E-state index >= 15 is 0 Å². The Balaban J connectivity index is 1.84. The van der Waals surface area contributed by atoms with Gasteiger partial charge in [0.1, 0.15) is 6.04 Å². The number of amides is 1. The van der Waals surface area contributed by atoms with Gasteiger partial charge in [-0.25, -0.2) is 0 Å². The number of rotatable bonds is 5. The van der Waals surface area contributed by atoms with Gasteiger partial charge in [-0.1, -0.05) is 61.5 Å². The molecule has 1 unspecified atom stereocenters. The van der Waals surface area contributed by atoms with E-state index in [1.807, 2.05) is 62.4 Å². The monoisotopic (exact) mass is 399 g/mol. The van der Waals surface area contributed by atoms with E-state index in [1.165, 1.54) is 0 Å². The summed E-state index contributed by atoms with van der Waals surface area (Å²) in [6, 6.07) is 16.5. The lowest BCUT2D eigenvalue weighted by atomic mass is 10.0. The summed E-state index contributed by atoms with van der Waals surface area (Å²) in [6.45, 7) is 3.99. The van der Waals surface area contributed by atoms with Crippen LogP contribution in [-0.4, -0.2) is 16.0 Å². The summed E-state index contributed by atoms with van der Waals surface area (Å²) in [5, 5.41) is 7.03. The molecule has 0 saturated carbocycles. The van der Waals surface area contributed by atoms with E-state index in [0.717, 1.165) is 10.0 Å². The van der Waals surface area contributed by atoms with Crippen molar-refractivity contribution in [3.05, 3.63) is 70.5 Å². The minimum absolute atomic E-state index is 0.0931. The van der Waals surface area contributed by atoms with Crippen LogP contribution in [-0.2, 0) is 0 Å². The number of halogens is 1. The summed E-state index contributed by atoms with van der Waals surface area (Å²) in [5.41, 5.74) is 1.44. The van der Waals surface area contributed by atoms with Gasteiger partial charge in [-0.3, -0.25) is 4.79 Å². The molecule has 2 aromatic carbocycles. The molecule has 0 spiro atoms. The largest absolute Gasteiger partial charge is 0.340 e. The predicted octanol–water partition coefficient (Wildman–Crippen LogP) is 4.63. The van der Waals surface area contributed by atoms with E-state index in [2.05, 4.69) is 31.4 Å². The summed E-state index contributed by atoms with van der Waals surface area (Å²) in [5.74, 6) is 0.812. The van der Waals surface area contributed by atoms with Gasteiger partial charge in [0.05, 0.1) is 5.56 Å². The van der Waals surface area contributed by atoms with Crippen LogP contribution >= 0.6 is 15.9 Å². The molecule has 0 aliphatic heterocycles. The van der Waals surface area contributed by atoms with Crippen LogP contribution in [0.15, 0.2) is 63.6 Å². The molecule has 1 heterocycles. The first-order valence-electron chi connectivity index (χ1n) is 8.00. The van der Waals surface area contributed by atoms with Crippen LogP contribution in [0, 0.1) is 5.92 Å². The summed E-state index contributed by atoms with van der Waals surface area (Å²) < 4.78 is 6.16. The number of nitrogens with one attached hydrogen (secondary N) is 1. The Bertz CT molecular complexity index is 862. The molecule has 0 saturated heterocycles. The number of carbonyl (C=O) groups excluding carboxylic acids is 1. The third-order valence-electron chi connectivity index (χ3n) is 3.81. The molecule has 5 nitrogen and oxygen atoms in total.